The molecule has 0 aliphatic carbocycles. The van der Waals surface area contributed by atoms with Gasteiger partial charge in [0, 0.05) is 24.6 Å². The van der Waals surface area contributed by atoms with Gasteiger partial charge in [-0.25, -0.2) is 0 Å². The maximum absolute atomic E-state index is 12.4. The second-order valence-corrected chi connectivity index (χ2v) is 5.46. The maximum atomic E-state index is 12.4. The molecule has 3 rings (SSSR count). The van der Waals surface area contributed by atoms with Crippen LogP contribution in [0.4, 0.5) is 5.82 Å². The lowest BCUT2D eigenvalue weighted by molar-refractivity contribution is -0.116. The van der Waals surface area contributed by atoms with Crippen LogP contribution >= 0.6 is 0 Å². The molecule has 0 fully saturated rings. The van der Waals surface area contributed by atoms with Crippen molar-refractivity contribution in [2.24, 2.45) is 0 Å². The Bertz CT molecular complexity index is 924. The van der Waals surface area contributed by atoms with Crippen LogP contribution in [0.15, 0.2) is 45.7 Å². The average molecular weight is 311 g/mol. The van der Waals surface area contributed by atoms with Crippen LogP contribution in [0, 0.1) is 13.8 Å². The molecule has 2 heterocycles. The van der Waals surface area contributed by atoms with Gasteiger partial charge in [-0.3, -0.25) is 9.59 Å². The highest BCUT2D eigenvalue weighted by Gasteiger charge is 2.10. The van der Waals surface area contributed by atoms with Crippen LogP contribution in [-0.4, -0.2) is 15.6 Å². The number of hydrogen-bond acceptors (Lipinski definition) is 4. The Hall–Kier alpha value is -2.89. The summed E-state index contributed by atoms with van der Waals surface area (Å²) in [5, 5.41) is 7.36. The zero-order chi connectivity index (χ0) is 16.4. The number of nitrogens with zero attached hydrogens (tertiary/aromatic N) is 2. The Kier molecular flexibility index (Phi) is 3.97. The molecule has 6 nitrogen and oxygen atoms in total. The van der Waals surface area contributed by atoms with Gasteiger partial charge in [0.25, 0.3) is 5.56 Å². The minimum absolute atomic E-state index is 0.0752. The van der Waals surface area contributed by atoms with Crippen LogP contribution in [0.25, 0.3) is 10.9 Å². The van der Waals surface area contributed by atoms with Gasteiger partial charge in [0.15, 0.2) is 5.82 Å². The zero-order valence-electron chi connectivity index (χ0n) is 13.0. The maximum Gasteiger partial charge on any atom is 0.253 e. The summed E-state index contributed by atoms with van der Waals surface area (Å²) in [6.07, 6.45) is 0.180. The Labute approximate surface area is 132 Å². The number of carbonyl (C=O) groups is 1. The molecule has 0 unspecified atom stereocenters. The van der Waals surface area contributed by atoms with Crippen molar-refractivity contribution in [3.63, 3.8) is 0 Å². The summed E-state index contributed by atoms with van der Waals surface area (Å²) in [4.78, 5) is 24.4. The number of fused-ring (bicyclic) bond motifs is 1. The molecule has 0 saturated heterocycles. The van der Waals surface area contributed by atoms with Crippen LogP contribution in [0.5, 0.6) is 0 Å². The number of para-hydroxylation sites is 1. The predicted molar refractivity (Wildman–Crippen MR) is 87.4 cm³/mol. The van der Waals surface area contributed by atoms with Gasteiger partial charge in [0.05, 0.1) is 5.52 Å². The Morgan fingerprint density at radius 3 is 2.78 bits per heavy atom. The number of carbonyl (C=O) groups excluding carboxylic acids is 1. The largest absolute Gasteiger partial charge is 0.360 e. The number of rotatable bonds is 4. The predicted octanol–water partition coefficient (Wildman–Crippen LogP) is 2.64. The van der Waals surface area contributed by atoms with E-state index in [0.717, 1.165) is 10.9 Å². The molecule has 3 aromatic rings. The van der Waals surface area contributed by atoms with E-state index < -0.39 is 0 Å². The van der Waals surface area contributed by atoms with Crippen LogP contribution < -0.4 is 10.9 Å². The third-order valence-electron chi connectivity index (χ3n) is 3.64. The topological polar surface area (TPSA) is 77.1 Å². The Morgan fingerprint density at radius 2 is 2.04 bits per heavy atom. The Balaban J connectivity index is 1.80. The van der Waals surface area contributed by atoms with E-state index in [9.17, 15) is 9.59 Å². The quantitative estimate of drug-likeness (QED) is 0.803. The number of benzene rings is 1. The normalized spacial score (nSPS) is 10.9. The summed E-state index contributed by atoms with van der Waals surface area (Å²) in [5.41, 5.74) is 1.41. The van der Waals surface area contributed by atoms with Crippen molar-refractivity contribution >= 4 is 22.6 Å². The molecule has 0 aliphatic heterocycles. The summed E-state index contributed by atoms with van der Waals surface area (Å²) < 4.78 is 6.54. The lowest BCUT2D eigenvalue weighted by atomic mass is 10.1. The standard InChI is InChI=1S/C17H17N3O3/c1-11-9-13-5-3-4-6-14(13)20(17(11)22)8-7-16(21)18-15-10-12(2)23-19-15/h3-6,9-10H,7-8H2,1-2H3,(H,18,19,21). The highest BCUT2D eigenvalue weighted by atomic mass is 16.5. The molecule has 0 atom stereocenters. The number of hydrogen-bond donors (Lipinski definition) is 1. The fourth-order valence-electron chi connectivity index (χ4n) is 2.54. The Morgan fingerprint density at radius 1 is 1.26 bits per heavy atom. The van der Waals surface area contributed by atoms with Crippen molar-refractivity contribution in [1.82, 2.24) is 9.72 Å². The first-order valence-electron chi connectivity index (χ1n) is 7.37. The van der Waals surface area contributed by atoms with Gasteiger partial charge in [-0.05, 0) is 31.4 Å². The van der Waals surface area contributed by atoms with Crippen molar-refractivity contribution in [3.8, 4) is 0 Å². The zero-order valence-corrected chi connectivity index (χ0v) is 13.0. The SMILES string of the molecule is Cc1cc(NC(=O)CCn2c(=O)c(C)cc3ccccc32)no1. The van der Waals surface area contributed by atoms with Crippen molar-refractivity contribution < 1.29 is 9.32 Å². The van der Waals surface area contributed by atoms with Crippen LogP contribution in [0.3, 0.4) is 0 Å². The summed E-state index contributed by atoms with van der Waals surface area (Å²) in [6, 6.07) is 11.2. The van der Waals surface area contributed by atoms with E-state index in [4.69, 9.17) is 4.52 Å². The third kappa shape index (κ3) is 3.15. The van der Waals surface area contributed by atoms with Gasteiger partial charge >= 0.3 is 0 Å². The van der Waals surface area contributed by atoms with E-state index in [2.05, 4.69) is 10.5 Å². The second-order valence-electron chi connectivity index (χ2n) is 5.46. The fourth-order valence-corrected chi connectivity index (χ4v) is 2.54. The summed E-state index contributed by atoms with van der Waals surface area (Å²) >= 11 is 0. The van der Waals surface area contributed by atoms with Crippen molar-refractivity contribution in [2.75, 3.05) is 5.32 Å². The smallest absolute Gasteiger partial charge is 0.253 e. The fraction of sp³-hybridized carbons (Fsp3) is 0.235. The molecule has 0 radical (unpaired) electrons. The van der Waals surface area contributed by atoms with Crippen molar-refractivity contribution in [2.45, 2.75) is 26.8 Å². The molecule has 1 aromatic carbocycles. The number of aryl methyl sites for hydroxylation is 3. The molecule has 0 saturated carbocycles. The molecule has 0 spiro atoms. The van der Waals surface area contributed by atoms with E-state index >= 15 is 0 Å². The molecular weight excluding hydrogens is 294 g/mol. The molecule has 1 N–H and O–H groups in total. The van der Waals surface area contributed by atoms with Gasteiger partial charge < -0.3 is 14.4 Å². The number of aromatic nitrogens is 2. The van der Waals surface area contributed by atoms with Gasteiger partial charge in [0.1, 0.15) is 5.76 Å². The monoisotopic (exact) mass is 311 g/mol. The lowest BCUT2D eigenvalue weighted by Gasteiger charge is -2.11. The molecule has 2 aromatic heterocycles. The van der Waals surface area contributed by atoms with E-state index in [1.54, 1.807) is 24.5 Å². The van der Waals surface area contributed by atoms with E-state index in [-0.39, 0.29) is 17.9 Å². The first kappa shape index (κ1) is 15.0. The summed E-state index contributed by atoms with van der Waals surface area (Å²) in [5.74, 6) is 0.797. The average Bonchev–Trinajstić information content (AvgIpc) is 2.93. The molecule has 0 aliphatic rings. The van der Waals surface area contributed by atoms with E-state index in [1.807, 2.05) is 30.3 Å². The number of anilines is 1. The molecule has 1 amide bonds. The summed E-state index contributed by atoms with van der Waals surface area (Å²) in [7, 11) is 0. The van der Waals surface area contributed by atoms with Gasteiger partial charge in [-0.15, -0.1) is 0 Å². The van der Waals surface area contributed by atoms with Crippen molar-refractivity contribution in [1.29, 1.82) is 0 Å². The lowest BCUT2D eigenvalue weighted by Crippen LogP contribution is -2.25. The second kappa shape index (κ2) is 6.08. The number of amides is 1. The number of nitrogens with one attached hydrogen (secondary N) is 1. The van der Waals surface area contributed by atoms with Crippen LogP contribution in [-0.2, 0) is 11.3 Å². The molecule has 118 valence electrons. The first-order chi connectivity index (χ1) is 11.0. The van der Waals surface area contributed by atoms with Crippen LogP contribution in [0.1, 0.15) is 17.7 Å². The highest BCUT2D eigenvalue weighted by Crippen LogP contribution is 2.14. The van der Waals surface area contributed by atoms with Gasteiger partial charge in [-0.1, -0.05) is 23.4 Å². The minimum Gasteiger partial charge on any atom is -0.360 e. The van der Waals surface area contributed by atoms with Gasteiger partial charge in [-0.2, -0.15) is 0 Å². The minimum atomic E-state index is -0.212. The third-order valence-corrected chi connectivity index (χ3v) is 3.64. The highest BCUT2D eigenvalue weighted by molar-refractivity contribution is 5.89. The first-order valence-corrected chi connectivity index (χ1v) is 7.37. The van der Waals surface area contributed by atoms with Crippen molar-refractivity contribution in [3.05, 3.63) is 58.1 Å². The summed E-state index contributed by atoms with van der Waals surface area (Å²) in [6.45, 7) is 3.84. The van der Waals surface area contributed by atoms with E-state index in [1.165, 1.54) is 0 Å². The molecule has 23 heavy (non-hydrogen) atoms. The van der Waals surface area contributed by atoms with Gasteiger partial charge in [0.2, 0.25) is 5.91 Å². The number of pyridine rings is 1. The molecular formula is C17H17N3O3. The van der Waals surface area contributed by atoms with Crippen LogP contribution in [0.2, 0.25) is 0 Å². The molecule has 0 bridgehead atoms. The molecule has 6 heteroatoms. The van der Waals surface area contributed by atoms with E-state index in [0.29, 0.717) is 23.7 Å².